The second-order valence-corrected chi connectivity index (χ2v) is 2.58. The van der Waals surface area contributed by atoms with Crippen molar-refractivity contribution in [3.05, 3.63) is 10.3 Å². The zero-order valence-corrected chi connectivity index (χ0v) is 7.30. The van der Waals surface area contributed by atoms with Crippen LogP contribution >= 0.6 is 15.9 Å². The van der Waals surface area contributed by atoms with Crippen LogP contribution in [0.1, 0.15) is 12.6 Å². The first-order valence-electron chi connectivity index (χ1n) is 3.07. The maximum Gasteiger partial charge on any atom is 0.152 e. The Bertz CT molecular complexity index is 219. The molecule has 0 aromatic carbocycles. The lowest BCUT2D eigenvalue weighted by Gasteiger charge is -1.87. The van der Waals surface area contributed by atoms with Crippen LogP contribution in [0, 0.1) is 0 Å². The van der Waals surface area contributed by atoms with E-state index in [-0.39, 0.29) is 0 Å². The molecule has 0 atom stereocenters. The molecule has 0 spiro atoms. The van der Waals surface area contributed by atoms with Gasteiger partial charge in [0.25, 0.3) is 0 Å². The van der Waals surface area contributed by atoms with E-state index in [0.717, 1.165) is 16.8 Å². The molecule has 1 rings (SSSR count). The van der Waals surface area contributed by atoms with E-state index in [9.17, 15) is 0 Å². The van der Waals surface area contributed by atoms with Gasteiger partial charge in [0, 0.05) is 6.54 Å². The van der Waals surface area contributed by atoms with Gasteiger partial charge in [0.05, 0.1) is 6.54 Å². The highest BCUT2D eigenvalue weighted by atomic mass is 79.9. The first-order valence-corrected chi connectivity index (χ1v) is 3.86. The molecule has 0 bridgehead atoms. The number of nitrogens with zero attached hydrogens (tertiary/aromatic N) is 3. The third-order valence-electron chi connectivity index (χ3n) is 1.15. The minimum absolute atomic E-state index is 0.431. The smallest absolute Gasteiger partial charge is 0.152 e. The number of hydrogen-bond acceptors (Lipinski definition) is 3. The predicted octanol–water partition coefficient (Wildman–Crippen LogP) is 0.519. The summed E-state index contributed by atoms with van der Waals surface area (Å²) in [5.74, 6) is 0. The quantitative estimate of drug-likeness (QED) is 0.765. The molecule has 0 aliphatic carbocycles. The predicted molar refractivity (Wildman–Crippen MR) is 41.3 cm³/mol. The van der Waals surface area contributed by atoms with Gasteiger partial charge in [0.2, 0.25) is 0 Å². The summed E-state index contributed by atoms with van der Waals surface area (Å²) in [6.07, 6.45) is 0. The van der Waals surface area contributed by atoms with Gasteiger partial charge in [-0.1, -0.05) is 0 Å². The highest BCUT2D eigenvalue weighted by Gasteiger charge is 2.03. The SMILES string of the molecule is CCn1nc(Br)c(CN)n1. The molecule has 10 heavy (non-hydrogen) atoms. The summed E-state index contributed by atoms with van der Waals surface area (Å²) in [6, 6.07) is 0. The topological polar surface area (TPSA) is 56.7 Å². The van der Waals surface area contributed by atoms with Crippen molar-refractivity contribution in [3.8, 4) is 0 Å². The number of rotatable bonds is 2. The average Bonchev–Trinajstić information content (AvgIpc) is 2.30. The van der Waals surface area contributed by atoms with Gasteiger partial charge in [-0.15, -0.1) is 5.10 Å². The van der Waals surface area contributed by atoms with Crippen molar-refractivity contribution in [1.29, 1.82) is 0 Å². The number of halogens is 1. The van der Waals surface area contributed by atoms with Crippen LogP contribution in [0.2, 0.25) is 0 Å². The Kier molecular flexibility index (Phi) is 2.39. The van der Waals surface area contributed by atoms with Crippen molar-refractivity contribution >= 4 is 15.9 Å². The summed E-state index contributed by atoms with van der Waals surface area (Å²) >= 11 is 3.24. The number of aryl methyl sites for hydroxylation is 1. The van der Waals surface area contributed by atoms with Gasteiger partial charge in [-0.3, -0.25) is 0 Å². The number of aromatic nitrogens is 3. The largest absolute Gasteiger partial charge is 0.325 e. The average molecular weight is 205 g/mol. The van der Waals surface area contributed by atoms with Gasteiger partial charge in [-0.25, -0.2) is 0 Å². The number of nitrogens with two attached hydrogens (primary N) is 1. The Balaban J connectivity index is 2.92. The monoisotopic (exact) mass is 204 g/mol. The summed E-state index contributed by atoms with van der Waals surface area (Å²) < 4.78 is 0.747. The Morgan fingerprint density at radius 2 is 2.30 bits per heavy atom. The van der Waals surface area contributed by atoms with E-state index in [0.29, 0.717) is 6.54 Å². The van der Waals surface area contributed by atoms with Gasteiger partial charge in [-0.05, 0) is 22.9 Å². The molecule has 0 saturated heterocycles. The van der Waals surface area contributed by atoms with Gasteiger partial charge in [-0.2, -0.15) is 9.90 Å². The Morgan fingerprint density at radius 1 is 1.60 bits per heavy atom. The van der Waals surface area contributed by atoms with Crippen LogP contribution in [0.4, 0.5) is 0 Å². The summed E-state index contributed by atoms with van der Waals surface area (Å²) in [4.78, 5) is 1.60. The zero-order chi connectivity index (χ0) is 7.56. The highest BCUT2D eigenvalue weighted by molar-refractivity contribution is 9.10. The molecule has 5 heteroatoms. The van der Waals surface area contributed by atoms with Crippen molar-refractivity contribution in [2.24, 2.45) is 5.73 Å². The maximum atomic E-state index is 5.37. The molecule has 4 nitrogen and oxygen atoms in total. The Hall–Kier alpha value is -0.420. The van der Waals surface area contributed by atoms with Crippen molar-refractivity contribution in [2.45, 2.75) is 20.0 Å². The molecule has 0 radical (unpaired) electrons. The lowest BCUT2D eigenvalue weighted by atomic mass is 10.5. The van der Waals surface area contributed by atoms with E-state index >= 15 is 0 Å². The maximum absolute atomic E-state index is 5.37. The van der Waals surface area contributed by atoms with E-state index < -0.39 is 0 Å². The molecule has 0 aliphatic rings. The molecule has 1 aromatic rings. The van der Waals surface area contributed by atoms with Crippen LogP contribution in [0.15, 0.2) is 4.60 Å². The fourth-order valence-electron chi connectivity index (χ4n) is 0.628. The second kappa shape index (κ2) is 3.12. The lowest BCUT2D eigenvalue weighted by molar-refractivity contribution is 0.562. The van der Waals surface area contributed by atoms with Crippen LogP contribution in [0.3, 0.4) is 0 Å². The minimum atomic E-state index is 0.431. The minimum Gasteiger partial charge on any atom is -0.325 e. The molecular formula is C5H9BrN4. The van der Waals surface area contributed by atoms with Crippen molar-refractivity contribution in [2.75, 3.05) is 0 Å². The second-order valence-electron chi connectivity index (χ2n) is 1.83. The normalized spacial score (nSPS) is 10.3. The first kappa shape index (κ1) is 7.68. The zero-order valence-electron chi connectivity index (χ0n) is 5.71. The van der Waals surface area contributed by atoms with Crippen molar-refractivity contribution in [1.82, 2.24) is 15.0 Å². The summed E-state index contributed by atoms with van der Waals surface area (Å²) in [7, 11) is 0. The van der Waals surface area contributed by atoms with Crippen LogP contribution < -0.4 is 5.73 Å². The molecule has 0 aliphatic heterocycles. The molecule has 0 saturated carbocycles. The molecule has 0 unspecified atom stereocenters. The van der Waals surface area contributed by atoms with Crippen LogP contribution in [-0.2, 0) is 13.1 Å². The third-order valence-corrected chi connectivity index (χ3v) is 1.77. The standard InChI is InChI=1S/C5H9BrN4/c1-2-10-8-4(3-7)5(6)9-10/h2-3,7H2,1H3. The summed E-state index contributed by atoms with van der Waals surface area (Å²) in [6.45, 7) is 3.19. The van der Waals surface area contributed by atoms with Gasteiger partial charge >= 0.3 is 0 Å². The van der Waals surface area contributed by atoms with Crippen LogP contribution in [0.25, 0.3) is 0 Å². The van der Waals surface area contributed by atoms with Gasteiger partial charge in [0.15, 0.2) is 4.60 Å². The molecule has 1 aromatic heterocycles. The van der Waals surface area contributed by atoms with Crippen molar-refractivity contribution < 1.29 is 0 Å². The van der Waals surface area contributed by atoms with E-state index in [2.05, 4.69) is 26.1 Å². The Morgan fingerprint density at radius 3 is 2.60 bits per heavy atom. The first-order chi connectivity index (χ1) is 4.77. The lowest BCUT2D eigenvalue weighted by Crippen LogP contribution is -2.01. The molecule has 0 amide bonds. The van der Waals surface area contributed by atoms with E-state index in [1.165, 1.54) is 0 Å². The van der Waals surface area contributed by atoms with Crippen molar-refractivity contribution in [3.63, 3.8) is 0 Å². The Labute approximate surface area is 67.5 Å². The molecule has 0 fully saturated rings. The van der Waals surface area contributed by atoms with Crippen LogP contribution in [0.5, 0.6) is 0 Å². The summed E-state index contributed by atoms with van der Waals surface area (Å²) in [5.41, 5.74) is 6.18. The van der Waals surface area contributed by atoms with E-state index in [4.69, 9.17) is 5.73 Å². The third kappa shape index (κ3) is 1.35. The van der Waals surface area contributed by atoms with Gasteiger partial charge < -0.3 is 5.73 Å². The molecule has 2 N–H and O–H groups in total. The molecule has 56 valence electrons. The van der Waals surface area contributed by atoms with Gasteiger partial charge in [0.1, 0.15) is 5.69 Å². The number of hydrogen-bond donors (Lipinski definition) is 1. The highest BCUT2D eigenvalue weighted by Crippen LogP contribution is 2.09. The summed E-state index contributed by atoms with van der Waals surface area (Å²) in [5, 5.41) is 8.12. The van der Waals surface area contributed by atoms with E-state index in [1.807, 2.05) is 6.92 Å². The van der Waals surface area contributed by atoms with Crippen LogP contribution in [-0.4, -0.2) is 15.0 Å². The fourth-order valence-corrected chi connectivity index (χ4v) is 1.05. The molecule has 1 heterocycles. The van der Waals surface area contributed by atoms with E-state index in [1.54, 1.807) is 4.80 Å². The molecular weight excluding hydrogens is 196 g/mol. The fraction of sp³-hybridized carbons (Fsp3) is 0.600.